The maximum atomic E-state index is 11.8. The number of carbonyl (C=O) groups is 1. The average molecular weight is 347 g/mol. The van der Waals surface area contributed by atoms with Crippen molar-refractivity contribution in [2.45, 2.75) is 19.8 Å². The number of amides is 1. The number of aryl methyl sites for hydroxylation is 1. The molecular weight excluding hydrogens is 332 g/mol. The monoisotopic (exact) mass is 346 g/mol. The van der Waals surface area contributed by atoms with Gasteiger partial charge in [-0.1, -0.05) is 0 Å². The van der Waals surface area contributed by atoms with Gasteiger partial charge in [0.25, 0.3) is 0 Å². The Bertz CT molecular complexity index is 601. The Morgan fingerprint density at radius 3 is 2.84 bits per heavy atom. The lowest BCUT2D eigenvalue weighted by Gasteiger charge is -2.09. The molecule has 1 aromatic heterocycles. The molecule has 1 fully saturated rings. The first-order valence-corrected chi connectivity index (χ1v) is 8.60. The lowest BCUT2D eigenvalue weighted by atomic mass is 10.1. The fourth-order valence-corrected chi connectivity index (χ4v) is 4.19. The minimum atomic E-state index is -2.93. The fourth-order valence-electron chi connectivity index (χ4n) is 2.10. The molecule has 1 aromatic rings. The molecule has 1 saturated heterocycles. The highest BCUT2D eigenvalue weighted by atomic mass is 79.9. The number of nitrogens with zero attached hydrogens (tertiary/aromatic N) is 1. The Balaban J connectivity index is 1.93. The quantitative estimate of drug-likeness (QED) is 0.906. The standard InChI is InChI=1S/C12H15BrN2O3S/c1-8-10(13)2-3-11(14-8)15-12(16)6-9-4-5-19(17,18)7-9/h2-3,9H,4-7H2,1H3,(H,14,15,16)/t9-/m0/s1. The van der Waals surface area contributed by atoms with E-state index in [0.717, 1.165) is 10.2 Å². The summed E-state index contributed by atoms with van der Waals surface area (Å²) < 4.78 is 23.5. The van der Waals surface area contributed by atoms with Crippen molar-refractivity contribution < 1.29 is 13.2 Å². The second-order valence-electron chi connectivity index (χ2n) is 4.79. The number of pyridine rings is 1. The van der Waals surface area contributed by atoms with E-state index in [1.807, 2.05) is 13.0 Å². The van der Waals surface area contributed by atoms with Gasteiger partial charge in [0, 0.05) is 10.9 Å². The molecule has 0 spiro atoms. The van der Waals surface area contributed by atoms with Crippen LogP contribution in [0.5, 0.6) is 0 Å². The molecule has 1 aliphatic rings. The Labute approximate surface area is 120 Å². The van der Waals surface area contributed by atoms with Crippen molar-refractivity contribution in [2.24, 2.45) is 5.92 Å². The van der Waals surface area contributed by atoms with E-state index in [-0.39, 0.29) is 29.8 Å². The number of halogens is 1. The lowest BCUT2D eigenvalue weighted by molar-refractivity contribution is -0.116. The van der Waals surface area contributed by atoms with Crippen molar-refractivity contribution in [3.8, 4) is 0 Å². The van der Waals surface area contributed by atoms with Gasteiger partial charge in [0.05, 0.1) is 17.2 Å². The van der Waals surface area contributed by atoms with Crippen LogP contribution in [0, 0.1) is 12.8 Å². The van der Waals surface area contributed by atoms with Crippen molar-refractivity contribution in [1.29, 1.82) is 0 Å². The van der Waals surface area contributed by atoms with Crippen LogP contribution in [0.25, 0.3) is 0 Å². The number of hydrogen-bond acceptors (Lipinski definition) is 4. The predicted molar refractivity (Wildman–Crippen MR) is 76.7 cm³/mol. The van der Waals surface area contributed by atoms with Crippen molar-refractivity contribution in [3.63, 3.8) is 0 Å². The van der Waals surface area contributed by atoms with E-state index in [1.165, 1.54) is 0 Å². The summed E-state index contributed by atoms with van der Waals surface area (Å²) in [6, 6.07) is 3.53. The third-order valence-electron chi connectivity index (χ3n) is 3.09. The second kappa shape index (κ2) is 5.58. The molecule has 2 rings (SSSR count). The topological polar surface area (TPSA) is 76.1 Å². The van der Waals surface area contributed by atoms with Gasteiger partial charge in [-0.2, -0.15) is 0 Å². The predicted octanol–water partition coefficient (Wildman–Crippen LogP) is 1.92. The fraction of sp³-hybridized carbons (Fsp3) is 0.500. The van der Waals surface area contributed by atoms with E-state index in [2.05, 4.69) is 26.2 Å². The van der Waals surface area contributed by atoms with Crippen molar-refractivity contribution in [1.82, 2.24) is 4.98 Å². The Hall–Kier alpha value is -0.950. The summed E-state index contributed by atoms with van der Waals surface area (Å²) in [7, 11) is -2.93. The van der Waals surface area contributed by atoms with Crippen LogP contribution in [0.1, 0.15) is 18.5 Å². The van der Waals surface area contributed by atoms with Crippen LogP contribution in [-0.2, 0) is 14.6 Å². The average Bonchev–Trinajstić information content (AvgIpc) is 2.63. The molecule has 19 heavy (non-hydrogen) atoms. The number of hydrogen-bond donors (Lipinski definition) is 1. The first-order valence-electron chi connectivity index (χ1n) is 5.99. The van der Waals surface area contributed by atoms with Gasteiger partial charge in [-0.25, -0.2) is 13.4 Å². The number of anilines is 1. The summed E-state index contributed by atoms with van der Waals surface area (Å²) in [6.07, 6.45) is 0.804. The van der Waals surface area contributed by atoms with E-state index >= 15 is 0 Å². The molecule has 0 saturated carbocycles. The molecule has 0 aromatic carbocycles. The Morgan fingerprint density at radius 2 is 2.26 bits per heavy atom. The van der Waals surface area contributed by atoms with Crippen LogP contribution in [0.3, 0.4) is 0 Å². The lowest BCUT2D eigenvalue weighted by Crippen LogP contribution is -2.18. The highest BCUT2D eigenvalue weighted by Crippen LogP contribution is 2.22. The van der Waals surface area contributed by atoms with Crippen molar-refractivity contribution in [2.75, 3.05) is 16.8 Å². The number of carbonyl (C=O) groups excluding carboxylic acids is 1. The van der Waals surface area contributed by atoms with Gasteiger partial charge in [-0.3, -0.25) is 4.79 Å². The minimum Gasteiger partial charge on any atom is -0.311 e. The van der Waals surface area contributed by atoms with Crippen LogP contribution in [0.15, 0.2) is 16.6 Å². The third kappa shape index (κ3) is 4.01. The SMILES string of the molecule is Cc1nc(NC(=O)C[C@@H]2CCS(=O)(=O)C2)ccc1Br. The summed E-state index contributed by atoms with van der Waals surface area (Å²) in [5, 5.41) is 2.70. The third-order valence-corrected chi connectivity index (χ3v) is 5.76. The summed E-state index contributed by atoms with van der Waals surface area (Å²) in [4.78, 5) is 16.0. The number of nitrogens with one attached hydrogen (secondary N) is 1. The molecule has 1 N–H and O–H groups in total. The van der Waals surface area contributed by atoms with Crippen LogP contribution >= 0.6 is 15.9 Å². The largest absolute Gasteiger partial charge is 0.311 e. The van der Waals surface area contributed by atoms with Gasteiger partial charge in [-0.05, 0) is 47.3 Å². The molecule has 0 unspecified atom stereocenters. The molecule has 0 aliphatic carbocycles. The summed E-state index contributed by atoms with van der Waals surface area (Å²) >= 11 is 3.34. The first-order chi connectivity index (χ1) is 8.85. The maximum Gasteiger partial charge on any atom is 0.225 e. The van der Waals surface area contributed by atoms with Gasteiger partial charge >= 0.3 is 0 Å². The molecular formula is C12H15BrN2O3S. The zero-order valence-electron chi connectivity index (χ0n) is 10.5. The molecule has 1 amide bonds. The molecule has 1 atom stereocenters. The molecule has 5 nitrogen and oxygen atoms in total. The minimum absolute atomic E-state index is 0.0680. The maximum absolute atomic E-state index is 11.8. The molecule has 0 radical (unpaired) electrons. The van der Waals surface area contributed by atoms with E-state index < -0.39 is 9.84 Å². The Morgan fingerprint density at radius 1 is 1.53 bits per heavy atom. The number of rotatable bonds is 3. The zero-order chi connectivity index (χ0) is 14.0. The molecule has 0 bridgehead atoms. The van der Waals surface area contributed by atoms with Gasteiger partial charge in [0.1, 0.15) is 5.82 Å². The van der Waals surface area contributed by atoms with Crippen molar-refractivity contribution >= 4 is 37.5 Å². The van der Waals surface area contributed by atoms with Crippen LogP contribution in [0.4, 0.5) is 5.82 Å². The Kier molecular flexibility index (Phi) is 4.25. The second-order valence-corrected chi connectivity index (χ2v) is 7.87. The molecule has 1 aliphatic heterocycles. The number of sulfone groups is 1. The highest BCUT2D eigenvalue weighted by molar-refractivity contribution is 9.10. The normalized spacial score (nSPS) is 21.3. The molecule has 2 heterocycles. The molecule has 104 valence electrons. The van der Waals surface area contributed by atoms with E-state index in [4.69, 9.17) is 0 Å². The van der Waals surface area contributed by atoms with Crippen LogP contribution in [-0.4, -0.2) is 30.8 Å². The van der Waals surface area contributed by atoms with E-state index in [0.29, 0.717) is 12.2 Å². The van der Waals surface area contributed by atoms with Crippen molar-refractivity contribution in [3.05, 3.63) is 22.3 Å². The summed E-state index contributed by atoms with van der Waals surface area (Å²) in [5.74, 6) is 0.554. The van der Waals surface area contributed by atoms with Crippen LogP contribution in [0.2, 0.25) is 0 Å². The van der Waals surface area contributed by atoms with Gasteiger partial charge in [-0.15, -0.1) is 0 Å². The first kappa shape index (κ1) is 14.5. The van der Waals surface area contributed by atoms with Crippen LogP contribution < -0.4 is 5.32 Å². The molecule has 7 heteroatoms. The zero-order valence-corrected chi connectivity index (χ0v) is 12.9. The summed E-state index contributed by atoms with van der Waals surface area (Å²) in [5.41, 5.74) is 0.793. The van der Waals surface area contributed by atoms with Gasteiger partial charge in [0.2, 0.25) is 5.91 Å². The van der Waals surface area contributed by atoms with Gasteiger partial charge < -0.3 is 5.32 Å². The van der Waals surface area contributed by atoms with E-state index in [9.17, 15) is 13.2 Å². The van der Waals surface area contributed by atoms with E-state index in [1.54, 1.807) is 6.07 Å². The van der Waals surface area contributed by atoms with Gasteiger partial charge in [0.15, 0.2) is 9.84 Å². The highest BCUT2D eigenvalue weighted by Gasteiger charge is 2.29. The number of aromatic nitrogens is 1. The summed E-state index contributed by atoms with van der Waals surface area (Å²) in [6.45, 7) is 1.84. The smallest absolute Gasteiger partial charge is 0.225 e.